The predicted octanol–water partition coefficient (Wildman–Crippen LogP) is 1.99. The van der Waals surface area contributed by atoms with Crippen LogP contribution >= 0.6 is 0 Å². The molecule has 6 heteroatoms. The molecular formula is C16H22N2O4. The third-order valence-corrected chi connectivity index (χ3v) is 4.89. The van der Waals surface area contributed by atoms with E-state index in [-0.39, 0.29) is 17.8 Å². The molecular weight excluding hydrogens is 284 g/mol. The number of nitro groups is 1. The number of nitrogens with zero attached hydrogens (tertiary/aromatic N) is 2. The molecule has 0 radical (unpaired) electrons. The van der Waals surface area contributed by atoms with Gasteiger partial charge in [0.1, 0.15) is 0 Å². The maximum atomic E-state index is 11.2. The van der Waals surface area contributed by atoms with Crippen LogP contribution < -0.4 is 4.74 Å². The van der Waals surface area contributed by atoms with E-state index in [1.165, 1.54) is 0 Å². The Morgan fingerprint density at radius 1 is 1.41 bits per heavy atom. The summed E-state index contributed by atoms with van der Waals surface area (Å²) in [6.07, 6.45) is 2.43. The minimum absolute atomic E-state index is 0.00445. The van der Waals surface area contributed by atoms with Gasteiger partial charge in [0, 0.05) is 12.1 Å². The van der Waals surface area contributed by atoms with E-state index in [1.807, 2.05) is 6.07 Å². The van der Waals surface area contributed by atoms with Crippen molar-refractivity contribution in [2.45, 2.75) is 38.3 Å². The van der Waals surface area contributed by atoms with Gasteiger partial charge < -0.3 is 9.84 Å². The molecule has 2 atom stereocenters. The SMILES string of the molecule is CCOc1ccc(CC2C(O)C3CCN2CC3)cc1[N+](=O)[O-]. The maximum Gasteiger partial charge on any atom is 0.311 e. The molecule has 0 aromatic heterocycles. The van der Waals surface area contributed by atoms with Crippen LogP contribution in [0.25, 0.3) is 0 Å². The smallest absolute Gasteiger partial charge is 0.311 e. The highest BCUT2D eigenvalue weighted by Gasteiger charge is 2.41. The van der Waals surface area contributed by atoms with Crippen LogP contribution in [-0.2, 0) is 6.42 Å². The van der Waals surface area contributed by atoms with Crippen LogP contribution in [-0.4, -0.2) is 46.8 Å². The Morgan fingerprint density at radius 2 is 2.14 bits per heavy atom. The van der Waals surface area contributed by atoms with E-state index in [2.05, 4.69) is 4.90 Å². The highest BCUT2D eigenvalue weighted by Crippen LogP contribution is 2.35. The number of aliphatic hydroxyl groups is 1. The van der Waals surface area contributed by atoms with Crippen LogP contribution in [0.3, 0.4) is 0 Å². The van der Waals surface area contributed by atoms with Gasteiger partial charge in [-0.3, -0.25) is 15.0 Å². The fourth-order valence-electron chi connectivity index (χ4n) is 3.72. The maximum absolute atomic E-state index is 11.2. The summed E-state index contributed by atoms with van der Waals surface area (Å²) in [5, 5.41) is 21.6. The van der Waals surface area contributed by atoms with Crippen LogP contribution in [0.2, 0.25) is 0 Å². The van der Waals surface area contributed by atoms with Crippen molar-refractivity contribution in [2.75, 3.05) is 19.7 Å². The Balaban J connectivity index is 1.80. The van der Waals surface area contributed by atoms with Gasteiger partial charge in [0.15, 0.2) is 5.75 Å². The first-order valence-corrected chi connectivity index (χ1v) is 7.92. The molecule has 1 aromatic rings. The lowest BCUT2D eigenvalue weighted by Crippen LogP contribution is -2.58. The molecule has 1 N–H and O–H groups in total. The summed E-state index contributed by atoms with van der Waals surface area (Å²) >= 11 is 0. The Kier molecular flexibility index (Phi) is 4.31. The van der Waals surface area contributed by atoms with E-state index in [1.54, 1.807) is 19.1 Å². The van der Waals surface area contributed by atoms with Crippen LogP contribution in [0.1, 0.15) is 25.3 Å². The lowest BCUT2D eigenvalue weighted by atomic mass is 9.78. The monoisotopic (exact) mass is 306 g/mol. The molecule has 0 saturated carbocycles. The van der Waals surface area contributed by atoms with Crippen molar-refractivity contribution in [3.05, 3.63) is 33.9 Å². The normalized spacial score (nSPS) is 30.3. The molecule has 120 valence electrons. The summed E-state index contributed by atoms with van der Waals surface area (Å²) in [5.41, 5.74) is 0.886. The van der Waals surface area contributed by atoms with Crippen molar-refractivity contribution in [3.63, 3.8) is 0 Å². The average Bonchev–Trinajstić information content (AvgIpc) is 2.52. The topological polar surface area (TPSA) is 75.8 Å². The third kappa shape index (κ3) is 2.80. The van der Waals surface area contributed by atoms with Gasteiger partial charge in [-0.1, -0.05) is 6.07 Å². The molecule has 4 rings (SSSR count). The van der Waals surface area contributed by atoms with Crippen LogP contribution in [0.15, 0.2) is 18.2 Å². The number of piperidine rings is 3. The zero-order valence-corrected chi connectivity index (χ0v) is 12.8. The van der Waals surface area contributed by atoms with Crippen molar-refractivity contribution < 1.29 is 14.8 Å². The molecule has 1 aromatic carbocycles. The molecule has 0 spiro atoms. The minimum atomic E-state index is -0.405. The molecule has 0 aliphatic carbocycles. The highest BCUT2D eigenvalue weighted by molar-refractivity contribution is 5.49. The highest BCUT2D eigenvalue weighted by atomic mass is 16.6. The van der Waals surface area contributed by atoms with Gasteiger partial charge in [0.2, 0.25) is 0 Å². The number of hydrogen-bond acceptors (Lipinski definition) is 5. The molecule has 3 saturated heterocycles. The van der Waals surface area contributed by atoms with Gasteiger partial charge in [0.25, 0.3) is 0 Å². The van der Waals surface area contributed by atoms with Crippen molar-refractivity contribution in [2.24, 2.45) is 5.92 Å². The second kappa shape index (κ2) is 6.22. The summed E-state index contributed by atoms with van der Waals surface area (Å²) < 4.78 is 5.31. The lowest BCUT2D eigenvalue weighted by molar-refractivity contribution is -0.385. The molecule has 2 unspecified atom stereocenters. The minimum Gasteiger partial charge on any atom is -0.487 e. The van der Waals surface area contributed by atoms with E-state index >= 15 is 0 Å². The zero-order chi connectivity index (χ0) is 15.7. The Labute approximate surface area is 129 Å². The van der Waals surface area contributed by atoms with Gasteiger partial charge >= 0.3 is 5.69 Å². The number of nitro benzene ring substituents is 1. The van der Waals surface area contributed by atoms with E-state index in [9.17, 15) is 15.2 Å². The quantitative estimate of drug-likeness (QED) is 0.665. The largest absolute Gasteiger partial charge is 0.487 e. The molecule has 22 heavy (non-hydrogen) atoms. The number of hydrogen-bond donors (Lipinski definition) is 1. The van der Waals surface area contributed by atoms with E-state index in [0.717, 1.165) is 31.5 Å². The number of rotatable bonds is 5. The average molecular weight is 306 g/mol. The third-order valence-electron chi connectivity index (χ3n) is 4.89. The molecule has 3 aliphatic heterocycles. The van der Waals surface area contributed by atoms with Crippen molar-refractivity contribution in [3.8, 4) is 5.75 Å². The molecule has 3 heterocycles. The van der Waals surface area contributed by atoms with Gasteiger partial charge in [-0.15, -0.1) is 0 Å². The molecule has 3 fully saturated rings. The first kappa shape index (κ1) is 15.2. The first-order valence-electron chi connectivity index (χ1n) is 7.92. The standard InChI is InChI=1S/C16H22N2O4/c1-2-22-15-4-3-11(9-13(15)18(20)21)10-14-16(19)12-5-7-17(14)8-6-12/h3-4,9,12,14,16,19H,2,5-8,10H2,1H3. The van der Waals surface area contributed by atoms with E-state index < -0.39 is 4.92 Å². The van der Waals surface area contributed by atoms with Gasteiger partial charge in [0.05, 0.1) is 17.6 Å². The van der Waals surface area contributed by atoms with Gasteiger partial charge in [-0.2, -0.15) is 0 Å². The first-order chi connectivity index (χ1) is 10.6. The fourth-order valence-corrected chi connectivity index (χ4v) is 3.72. The lowest BCUT2D eigenvalue weighted by Gasteiger charge is -2.49. The molecule has 3 aliphatic rings. The van der Waals surface area contributed by atoms with Crippen LogP contribution in [0, 0.1) is 16.0 Å². The summed E-state index contributed by atoms with van der Waals surface area (Å²) in [7, 11) is 0. The van der Waals surface area contributed by atoms with Crippen molar-refractivity contribution >= 4 is 5.69 Å². The number of fused-ring (bicyclic) bond motifs is 3. The molecule has 6 nitrogen and oxygen atoms in total. The molecule has 2 bridgehead atoms. The summed E-state index contributed by atoms with van der Waals surface area (Å²) in [6, 6.07) is 5.19. The van der Waals surface area contributed by atoms with Gasteiger partial charge in [-0.25, -0.2) is 0 Å². The summed E-state index contributed by atoms with van der Waals surface area (Å²) in [6.45, 7) is 4.24. The summed E-state index contributed by atoms with van der Waals surface area (Å²) in [5.74, 6) is 0.690. The summed E-state index contributed by atoms with van der Waals surface area (Å²) in [4.78, 5) is 13.1. The van der Waals surface area contributed by atoms with Crippen LogP contribution in [0.5, 0.6) is 5.75 Å². The number of ether oxygens (including phenoxy) is 1. The predicted molar refractivity (Wildman–Crippen MR) is 82.1 cm³/mol. The van der Waals surface area contributed by atoms with Gasteiger partial charge in [-0.05, 0) is 56.8 Å². The second-order valence-corrected chi connectivity index (χ2v) is 6.13. The number of benzene rings is 1. The molecule has 0 amide bonds. The number of aliphatic hydroxyl groups excluding tert-OH is 1. The zero-order valence-electron chi connectivity index (χ0n) is 12.8. The van der Waals surface area contributed by atoms with E-state index in [4.69, 9.17) is 4.74 Å². The fraction of sp³-hybridized carbons (Fsp3) is 0.625. The van der Waals surface area contributed by atoms with Crippen molar-refractivity contribution in [1.29, 1.82) is 0 Å². The van der Waals surface area contributed by atoms with Crippen LogP contribution in [0.4, 0.5) is 5.69 Å². The second-order valence-electron chi connectivity index (χ2n) is 6.13. The van der Waals surface area contributed by atoms with E-state index in [0.29, 0.717) is 24.7 Å². The van der Waals surface area contributed by atoms with Crippen molar-refractivity contribution in [1.82, 2.24) is 4.90 Å². The Bertz CT molecular complexity index is 553. The Hall–Kier alpha value is -1.66. The Morgan fingerprint density at radius 3 is 2.73 bits per heavy atom.